The van der Waals surface area contributed by atoms with Crippen molar-refractivity contribution in [3.05, 3.63) is 54.1 Å². The fourth-order valence-corrected chi connectivity index (χ4v) is 4.70. The molecule has 3 rings (SSSR count). The highest BCUT2D eigenvalue weighted by Gasteiger charge is 2.26. The van der Waals surface area contributed by atoms with Crippen LogP contribution in [-0.2, 0) is 14.8 Å². The van der Waals surface area contributed by atoms with Crippen LogP contribution in [0.25, 0.3) is 0 Å². The summed E-state index contributed by atoms with van der Waals surface area (Å²) in [7, 11) is -3.58. The minimum Gasteiger partial charge on any atom is -0.480 e. The van der Waals surface area contributed by atoms with Gasteiger partial charge in [-0.15, -0.1) is 0 Å². The van der Waals surface area contributed by atoms with Gasteiger partial charge in [-0.3, -0.25) is 4.79 Å². The molecule has 0 aromatic heterocycles. The maximum Gasteiger partial charge on any atom is 0.265 e. The number of hydrogen-bond acceptors (Lipinski definition) is 5. The molecular formula is C21H23N3O4S. The zero-order valence-corrected chi connectivity index (χ0v) is 17.0. The van der Waals surface area contributed by atoms with Gasteiger partial charge in [0.25, 0.3) is 5.91 Å². The first kappa shape index (κ1) is 20.8. The van der Waals surface area contributed by atoms with Crippen LogP contribution in [0.2, 0.25) is 0 Å². The van der Waals surface area contributed by atoms with Gasteiger partial charge in [0.1, 0.15) is 11.8 Å². The number of piperidine rings is 1. The molecule has 1 amide bonds. The van der Waals surface area contributed by atoms with Gasteiger partial charge in [-0.1, -0.05) is 24.6 Å². The number of amides is 1. The smallest absolute Gasteiger partial charge is 0.265 e. The predicted octanol–water partition coefficient (Wildman–Crippen LogP) is 3.14. The van der Waals surface area contributed by atoms with Gasteiger partial charge < -0.3 is 10.1 Å². The SMILES string of the molecule is C[C@H](Oc1ccccc1C#N)C(=O)Nc1cccc(S(=O)(=O)N2CCCCC2)c1. The molecule has 0 bridgehead atoms. The van der Waals surface area contributed by atoms with Gasteiger partial charge >= 0.3 is 0 Å². The number of rotatable bonds is 6. The largest absolute Gasteiger partial charge is 0.480 e. The number of carbonyl (C=O) groups is 1. The van der Waals surface area contributed by atoms with Gasteiger partial charge in [0.2, 0.25) is 10.0 Å². The number of nitriles is 1. The summed E-state index contributed by atoms with van der Waals surface area (Å²) < 4.78 is 32.7. The first-order chi connectivity index (χ1) is 13.9. The normalized spacial score (nSPS) is 15.9. The third kappa shape index (κ3) is 4.94. The van der Waals surface area contributed by atoms with E-state index in [0.29, 0.717) is 30.1 Å². The number of nitrogens with zero attached hydrogens (tertiary/aromatic N) is 2. The van der Waals surface area contributed by atoms with E-state index >= 15 is 0 Å². The summed E-state index contributed by atoms with van der Waals surface area (Å²) in [5.74, 6) is -0.121. The van der Waals surface area contributed by atoms with Crippen LogP contribution in [-0.4, -0.2) is 37.8 Å². The van der Waals surface area contributed by atoms with Crippen LogP contribution in [0.15, 0.2) is 53.4 Å². The van der Waals surface area contributed by atoms with Crippen LogP contribution in [0.5, 0.6) is 5.75 Å². The number of benzene rings is 2. The molecule has 0 unspecified atom stereocenters. The van der Waals surface area contributed by atoms with Gasteiger partial charge in [-0.05, 0) is 50.1 Å². The fraction of sp³-hybridized carbons (Fsp3) is 0.333. The lowest BCUT2D eigenvalue weighted by Gasteiger charge is -2.26. The summed E-state index contributed by atoms with van der Waals surface area (Å²) >= 11 is 0. The summed E-state index contributed by atoms with van der Waals surface area (Å²) in [6, 6.07) is 14.9. The maximum absolute atomic E-state index is 12.8. The molecule has 8 heteroatoms. The first-order valence-corrected chi connectivity index (χ1v) is 10.9. The molecule has 1 saturated heterocycles. The van der Waals surface area contributed by atoms with Gasteiger partial charge in [-0.2, -0.15) is 9.57 Å². The molecule has 0 saturated carbocycles. The van der Waals surface area contributed by atoms with Crippen molar-refractivity contribution in [1.29, 1.82) is 5.26 Å². The van der Waals surface area contributed by atoms with E-state index in [-0.39, 0.29) is 4.90 Å². The van der Waals surface area contributed by atoms with Crippen LogP contribution in [0.3, 0.4) is 0 Å². The number of carbonyl (C=O) groups excluding carboxylic acids is 1. The number of sulfonamides is 1. The summed E-state index contributed by atoms with van der Waals surface area (Å²) in [5.41, 5.74) is 0.707. The lowest BCUT2D eigenvalue weighted by Crippen LogP contribution is -2.35. The summed E-state index contributed by atoms with van der Waals surface area (Å²) in [5, 5.41) is 11.8. The molecule has 7 nitrogen and oxygen atoms in total. The highest BCUT2D eigenvalue weighted by molar-refractivity contribution is 7.89. The third-order valence-electron chi connectivity index (χ3n) is 4.73. The number of hydrogen-bond donors (Lipinski definition) is 1. The number of ether oxygens (including phenoxy) is 1. The Morgan fingerprint density at radius 1 is 1.14 bits per heavy atom. The molecule has 1 aliphatic heterocycles. The molecule has 0 aliphatic carbocycles. The van der Waals surface area contributed by atoms with Crippen LogP contribution in [0, 0.1) is 11.3 Å². The summed E-state index contributed by atoms with van der Waals surface area (Å²) in [6.07, 6.45) is 1.88. The van der Waals surface area contributed by atoms with Crippen LogP contribution < -0.4 is 10.1 Å². The molecule has 1 fully saturated rings. The van der Waals surface area contributed by atoms with Crippen molar-refractivity contribution in [3.8, 4) is 11.8 Å². The van der Waals surface area contributed by atoms with Crippen LogP contribution in [0.4, 0.5) is 5.69 Å². The van der Waals surface area contributed by atoms with E-state index in [1.165, 1.54) is 16.4 Å². The maximum atomic E-state index is 12.8. The average molecular weight is 413 g/mol. The second-order valence-corrected chi connectivity index (χ2v) is 8.79. The van der Waals surface area contributed by atoms with E-state index < -0.39 is 22.0 Å². The number of anilines is 1. The van der Waals surface area contributed by atoms with E-state index in [1.807, 2.05) is 6.07 Å². The molecule has 1 N–H and O–H groups in total. The Labute approximate surface area is 171 Å². The van der Waals surface area contributed by atoms with E-state index in [4.69, 9.17) is 10.00 Å². The van der Waals surface area contributed by atoms with Crippen molar-refractivity contribution >= 4 is 21.6 Å². The minimum absolute atomic E-state index is 0.153. The molecule has 2 aromatic carbocycles. The molecule has 0 spiro atoms. The van der Waals surface area contributed by atoms with Crippen LogP contribution in [0.1, 0.15) is 31.7 Å². The van der Waals surface area contributed by atoms with Gasteiger partial charge in [0.15, 0.2) is 6.10 Å². The molecular weight excluding hydrogens is 390 g/mol. The number of nitrogens with one attached hydrogen (secondary N) is 1. The first-order valence-electron chi connectivity index (χ1n) is 9.48. The highest BCUT2D eigenvalue weighted by atomic mass is 32.2. The Morgan fingerprint density at radius 2 is 1.86 bits per heavy atom. The van der Waals surface area contributed by atoms with Gasteiger partial charge in [-0.25, -0.2) is 8.42 Å². The van der Waals surface area contributed by atoms with Gasteiger partial charge in [0, 0.05) is 18.8 Å². The zero-order chi connectivity index (χ0) is 20.9. The second kappa shape index (κ2) is 9.07. The topological polar surface area (TPSA) is 99.5 Å². The lowest BCUT2D eigenvalue weighted by molar-refractivity contribution is -0.122. The average Bonchev–Trinajstić information content (AvgIpc) is 2.75. The summed E-state index contributed by atoms with van der Waals surface area (Å²) in [4.78, 5) is 12.7. The van der Waals surface area contributed by atoms with Crippen molar-refractivity contribution < 1.29 is 17.9 Å². The van der Waals surface area contributed by atoms with Crippen molar-refractivity contribution in [2.24, 2.45) is 0 Å². The molecule has 1 heterocycles. The fourth-order valence-electron chi connectivity index (χ4n) is 3.14. The van der Waals surface area contributed by atoms with Crippen molar-refractivity contribution in [2.75, 3.05) is 18.4 Å². The van der Waals surface area contributed by atoms with E-state index in [9.17, 15) is 13.2 Å². The van der Waals surface area contributed by atoms with E-state index in [0.717, 1.165) is 19.3 Å². The standard InChI is InChI=1S/C21H23N3O4S/c1-16(28-20-11-4-3-8-17(20)15-22)21(25)23-18-9-7-10-19(14-18)29(26,27)24-12-5-2-6-13-24/h3-4,7-11,14,16H,2,5-6,12-13H2,1H3,(H,23,25)/t16-/m0/s1. The third-order valence-corrected chi connectivity index (χ3v) is 6.63. The Kier molecular flexibility index (Phi) is 6.52. The molecule has 2 aromatic rings. The number of para-hydroxylation sites is 1. The molecule has 1 aliphatic rings. The Hall–Kier alpha value is -2.89. The highest BCUT2D eigenvalue weighted by Crippen LogP contribution is 2.23. The Balaban J connectivity index is 1.71. The molecule has 0 radical (unpaired) electrons. The molecule has 29 heavy (non-hydrogen) atoms. The quantitative estimate of drug-likeness (QED) is 0.784. The van der Waals surface area contributed by atoms with E-state index in [1.54, 1.807) is 43.3 Å². The van der Waals surface area contributed by atoms with Gasteiger partial charge in [0.05, 0.1) is 10.5 Å². The predicted molar refractivity (Wildman–Crippen MR) is 109 cm³/mol. The lowest BCUT2D eigenvalue weighted by atomic mass is 10.2. The second-order valence-electron chi connectivity index (χ2n) is 6.85. The molecule has 152 valence electrons. The Bertz CT molecular complexity index is 1020. The zero-order valence-electron chi connectivity index (χ0n) is 16.2. The van der Waals surface area contributed by atoms with E-state index in [2.05, 4.69) is 5.32 Å². The monoisotopic (exact) mass is 413 g/mol. The minimum atomic E-state index is -3.58. The van der Waals surface area contributed by atoms with Crippen molar-refractivity contribution in [3.63, 3.8) is 0 Å². The van der Waals surface area contributed by atoms with Crippen molar-refractivity contribution in [2.45, 2.75) is 37.2 Å². The Morgan fingerprint density at radius 3 is 2.59 bits per heavy atom. The molecule has 1 atom stereocenters. The summed E-state index contributed by atoms with van der Waals surface area (Å²) in [6.45, 7) is 2.60. The van der Waals surface area contributed by atoms with Crippen LogP contribution >= 0.6 is 0 Å². The van der Waals surface area contributed by atoms with Crippen molar-refractivity contribution in [1.82, 2.24) is 4.31 Å².